The largest absolute Gasteiger partial charge is 0.493 e. The number of halogens is 1. The van der Waals surface area contributed by atoms with Crippen molar-refractivity contribution in [3.63, 3.8) is 0 Å². The molecule has 0 spiro atoms. The molecule has 0 radical (unpaired) electrons. The van der Waals surface area contributed by atoms with Gasteiger partial charge < -0.3 is 14.6 Å². The lowest BCUT2D eigenvalue weighted by molar-refractivity contribution is -0.136. The van der Waals surface area contributed by atoms with Crippen LogP contribution < -0.4 is 9.47 Å². The van der Waals surface area contributed by atoms with E-state index in [4.69, 9.17) is 9.47 Å². The minimum absolute atomic E-state index is 0.0754. The van der Waals surface area contributed by atoms with Crippen molar-refractivity contribution in [2.45, 2.75) is 19.3 Å². The standard InChI is InChI=1S/C27H22FNO5/c1-16-22(13-26(30)31)21-4-2-3-5-24(21)29(16)27(32)17-6-9-20(10-7-17)33-14-18-15-34-25-11-8-19(28)12-23(18)25/h2-12,18H,13-15H2,1H3,(H,30,31)/t18-/m1/s1. The van der Waals surface area contributed by atoms with E-state index < -0.39 is 5.97 Å². The fourth-order valence-electron chi connectivity index (χ4n) is 4.48. The van der Waals surface area contributed by atoms with E-state index in [-0.39, 0.29) is 24.1 Å². The summed E-state index contributed by atoms with van der Waals surface area (Å²) >= 11 is 0. The molecule has 6 nitrogen and oxygen atoms in total. The quantitative estimate of drug-likeness (QED) is 0.441. The molecule has 1 aliphatic rings. The highest BCUT2D eigenvalue weighted by atomic mass is 19.1. The number of nitrogens with zero attached hydrogens (tertiary/aromatic N) is 1. The molecule has 4 aromatic rings. The Labute approximate surface area is 195 Å². The summed E-state index contributed by atoms with van der Waals surface area (Å²) < 4.78 is 26.6. The third kappa shape index (κ3) is 3.90. The van der Waals surface area contributed by atoms with E-state index in [0.29, 0.717) is 47.1 Å². The van der Waals surface area contributed by atoms with Crippen LogP contribution >= 0.6 is 0 Å². The van der Waals surface area contributed by atoms with Gasteiger partial charge >= 0.3 is 5.97 Å². The number of aliphatic carboxylic acids is 1. The Morgan fingerprint density at radius 2 is 1.88 bits per heavy atom. The molecule has 2 heterocycles. The summed E-state index contributed by atoms with van der Waals surface area (Å²) in [5, 5.41) is 10.1. The fraction of sp³-hybridized carbons (Fsp3) is 0.185. The maximum absolute atomic E-state index is 13.6. The Morgan fingerprint density at radius 3 is 2.65 bits per heavy atom. The minimum Gasteiger partial charge on any atom is -0.493 e. The zero-order chi connectivity index (χ0) is 23.8. The third-order valence-corrected chi connectivity index (χ3v) is 6.18. The van der Waals surface area contributed by atoms with Gasteiger partial charge in [-0.2, -0.15) is 0 Å². The summed E-state index contributed by atoms with van der Waals surface area (Å²) in [5.41, 5.74) is 3.16. The zero-order valence-corrected chi connectivity index (χ0v) is 18.5. The number of hydrogen-bond donors (Lipinski definition) is 1. The molecule has 34 heavy (non-hydrogen) atoms. The highest BCUT2D eigenvalue weighted by Gasteiger charge is 2.25. The van der Waals surface area contributed by atoms with Gasteiger partial charge in [-0.05, 0) is 61.0 Å². The molecule has 7 heteroatoms. The molecule has 0 saturated heterocycles. The van der Waals surface area contributed by atoms with Gasteiger partial charge in [0.25, 0.3) is 5.91 Å². The number of rotatable bonds is 6. The third-order valence-electron chi connectivity index (χ3n) is 6.18. The van der Waals surface area contributed by atoms with Crippen molar-refractivity contribution in [3.05, 3.63) is 94.9 Å². The predicted octanol–water partition coefficient (Wildman–Crippen LogP) is 4.96. The highest BCUT2D eigenvalue weighted by molar-refractivity contribution is 6.04. The molecular weight excluding hydrogens is 437 g/mol. The van der Waals surface area contributed by atoms with Crippen LogP contribution in [0.25, 0.3) is 10.9 Å². The van der Waals surface area contributed by atoms with Crippen LogP contribution in [0.1, 0.15) is 33.1 Å². The second-order valence-corrected chi connectivity index (χ2v) is 8.32. The summed E-state index contributed by atoms with van der Waals surface area (Å²) in [4.78, 5) is 24.7. The van der Waals surface area contributed by atoms with Gasteiger partial charge in [-0.1, -0.05) is 18.2 Å². The topological polar surface area (TPSA) is 77.8 Å². The number of para-hydroxylation sites is 1. The number of carbonyl (C=O) groups is 2. The van der Waals surface area contributed by atoms with E-state index in [9.17, 15) is 19.1 Å². The first-order chi connectivity index (χ1) is 16.4. The first-order valence-electron chi connectivity index (χ1n) is 10.9. The molecule has 0 fully saturated rings. The van der Waals surface area contributed by atoms with Crippen LogP contribution in [0, 0.1) is 12.7 Å². The number of carbonyl (C=O) groups excluding carboxylic acids is 1. The van der Waals surface area contributed by atoms with E-state index in [1.807, 2.05) is 24.3 Å². The van der Waals surface area contributed by atoms with Gasteiger partial charge in [0.15, 0.2) is 0 Å². The number of aromatic nitrogens is 1. The molecule has 3 aromatic carbocycles. The molecule has 0 bridgehead atoms. The lowest BCUT2D eigenvalue weighted by Crippen LogP contribution is -2.14. The van der Waals surface area contributed by atoms with E-state index in [0.717, 1.165) is 10.9 Å². The summed E-state index contributed by atoms with van der Waals surface area (Å²) in [6, 6.07) is 18.6. The van der Waals surface area contributed by atoms with E-state index in [1.54, 1.807) is 41.8 Å². The summed E-state index contributed by atoms with van der Waals surface area (Å²) in [6.45, 7) is 2.51. The average molecular weight is 459 g/mol. The zero-order valence-electron chi connectivity index (χ0n) is 18.5. The lowest BCUT2D eigenvalue weighted by Gasteiger charge is -2.12. The average Bonchev–Trinajstić information content (AvgIpc) is 3.35. The summed E-state index contributed by atoms with van der Waals surface area (Å²) in [5.74, 6) is -0.317. The van der Waals surface area contributed by atoms with Crippen molar-refractivity contribution in [1.82, 2.24) is 4.57 Å². The van der Waals surface area contributed by atoms with Crippen molar-refractivity contribution in [3.8, 4) is 11.5 Å². The number of carboxylic acids is 1. The van der Waals surface area contributed by atoms with Crippen molar-refractivity contribution >= 4 is 22.8 Å². The van der Waals surface area contributed by atoms with Crippen molar-refractivity contribution in [2.24, 2.45) is 0 Å². The molecule has 5 rings (SSSR count). The predicted molar refractivity (Wildman–Crippen MR) is 124 cm³/mol. The van der Waals surface area contributed by atoms with Gasteiger partial charge in [-0.25, -0.2) is 4.39 Å². The van der Waals surface area contributed by atoms with Crippen LogP contribution in [0.2, 0.25) is 0 Å². The van der Waals surface area contributed by atoms with Gasteiger partial charge in [-0.3, -0.25) is 14.2 Å². The van der Waals surface area contributed by atoms with Crippen LogP contribution in [0.3, 0.4) is 0 Å². The number of hydrogen-bond acceptors (Lipinski definition) is 4. The molecule has 1 N–H and O–H groups in total. The molecule has 1 aliphatic heterocycles. The van der Waals surface area contributed by atoms with Gasteiger partial charge in [0.05, 0.1) is 31.1 Å². The summed E-state index contributed by atoms with van der Waals surface area (Å²) in [7, 11) is 0. The first-order valence-corrected chi connectivity index (χ1v) is 10.9. The van der Waals surface area contributed by atoms with Crippen LogP contribution in [0.15, 0.2) is 66.7 Å². The second kappa shape index (κ2) is 8.67. The fourth-order valence-corrected chi connectivity index (χ4v) is 4.48. The Morgan fingerprint density at radius 1 is 1.12 bits per heavy atom. The molecule has 1 aromatic heterocycles. The van der Waals surface area contributed by atoms with Gasteiger partial charge in [0, 0.05) is 22.2 Å². The van der Waals surface area contributed by atoms with Crippen LogP contribution in [0.4, 0.5) is 4.39 Å². The number of carboxylic acid groups (broad SMARTS) is 1. The van der Waals surface area contributed by atoms with E-state index >= 15 is 0 Å². The van der Waals surface area contributed by atoms with Crippen LogP contribution in [-0.4, -0.2) is 34.8 Å². The van der Waals surface area contributed by atoms with Gasteiger partial charge in [-0.15, -0.1) is 0 Å². The lowest BCUT2D eigenvalue weighted by atomic mass is 10.0. The van der Waals surface area contributed by atoms with Crippen molar-refractivity contribution in [2.75, 3.05) is 13.2 Å². The normalized spacial score (nSPS) is 14.6. The Hall–Kier alpha value is -4.13. The Balaban J connectivity index is 1.35. The van der Waals surface area contributed by atoms with Crippen LogP contribution in [0.5, 0.6) is 11.5 Å². The number of benzene rings is 3. The smallest absolute Gasteiger partial charge is 0.307 e. The number of ether oxygens (including phenoxy) is 2. The Kier molecular flexibility index (Phi) is 5.53. The van der Waals surface area contributed by atoms with E-state index in [2.05, 4.69) is 0 Å². The Bertz CT molecular complexity index is 1410. The molecule has 0 saturated carbocycles. The van der Waals surface area contributed by atoms with Crippen LogP contribution in [-0.2, 0) is 11.2 Å². The highest BCUT2D eigenvalue weighted by Crippen LogP contribution is 2.35. The molecule has 172 valence electrons. The van der Waals surface area contributed by atoms with Crippen molar-refractivity contribution in [1.29, 1.82) is 0 Å². The SMILES string of the molecule is Cc1c(CC(=O)O)c2ccccc2n1C(=O)c1ccc(OC[C@@H]2COc3ccc(F)cc32)cc1. The second-order valence-electron chi connectivity index (χ2n) is 8.32. The molecule has 0 amide bonds. The maximum Gasteiger partial charge on any atom is 0.307 e. The molecule has 0 aliphatic carbocycles. The van der Waals surface area contributed by atoms with Crippen molar-refractivity contribution < 1.29 is 28.6 Å². The van der Waals surface area contributed by atoms with Gasteiger partial charge in [0.1, 0.15) is 17.3 Å². The maximum atomic E-state index is 13.6. The monoisotopic (exact) mass is 459 g/mol. The minimum atomic E-state index is -0.946. The first kappa shape index (κ1) is 21.7. The van der Waals surface area contributed by atoms with Gasteiger partial charge in [0.2, 0.25) is 0 Å². The molecular formula is C27H22FNO5. The molecule has 0 unspecified atom stereocenters. The molecule has 1 atom stereocenters. The summed E-state index contributed by atoms with van der Waals surface area (Å²) in [6.07, 6.45) is -0.155. The van der Waals surface area contributed by atoms with E-state index in [1.165, 1.54) is 12.1 Å². The number of fused-ring (bicyclic) bond motifs is 2.